The van der Waals surface area contributed by atoms with Crippen LogP contribution in [0.15, 0.2) is 24.5 Å². The van der Waals surface area contributed by atoms with E-state index in [4.69, 9.17) is 5.11 Å². The Kier molecular flexibility index (Phi) is 1.89. The molecule has 0 saturated carbocycles. The Morgan fingerprint density at radius 2 is 2.21 bits per heavy atom. The van der Waals surface area contributed by atoms with Crippen LogP contribution in [-0.2, 0) is 0 Å². The Morgan fingerprint density at radius 1 is 1.43 bits per heavy atom. The lowest BCUT2D eigenvalue weighted by atomic mass is 10.1. The monoisotopic (exact) mass is 188 g/mol. The Labute approximate surface area is 80.2 Å². The van der Waals surface area contributed by atoms with E-state index in [1.165, 1.54) is 6.20 Å². The number of nitrogens with zero attached hydrogens (tertiary/aromatic N) is 2. The second-order valence-electron chi connectivity index (χ2n) is 2.96. The number of carbonyl (C=O) groups is 1. The van der Waals surface area contributed by atoms with Gasteiger partial charge >= 0.3 is 5.97 Å². The van der Waals surface area contributed by atoms with Gasteiger partial charge in [0.05, 0.1) is 5.52 Å². The third-order valence-electron chi connectivity index (χ3n) is 2.07. The lowest BCUT2D eigenvalue weighted by Crippen LogP contribution is -2.01. The quantitative estimate of drug-likeness (QED) is 0.738. The summed E-state index contributed by atoms with van der Waals surface area (Å²) in [6, 6.07) is 3.58. The number of hydrogen-bond donors (Lipinski definition) is 1. The maximum atomic E-state index is 10.8. The molecule has 4 heteroatoms. The van der Waals surface area contributed by atoms with Gasteiger partial charge in [-0.2, -0.15) is 0 Å². The van der Waals surface area contributed by atoms with Crippen molar-refractivity contribution < 1.29 is 9.90 Å². The molecule has 0 aliphatic rings. The Balaban J connectivity index is 2.88. The maximum absolute atomic E-state index is 10.8. The number of hydrogen-bond acceptors (Lipinski definition) is 3. The predicted octanol–water partition coefficient (Wildman–Crippen LogP) is 1.64. The average molecular weight is 188 g/mol. The highest BCUT2D eigenvalue weighted by atomic mass is 16.4. The average Bonchev–Trinajstić information content (AvgIpc) is 2.18. The minimum Gasteiger partial charge on any atom is -0.478 e. The van der Waals surface area contributed by atoms with E-state index in [2.05, 4.69) is 9.97 Å². The van der Waals surface area contributed by atoms with Crippen molar-refractivity contribution in [3.05, 3.63) is 35.8 Å². The molecule has 2 heterocycles. The van der Waals surface area contributed by atoms with Crippen LogP contribution in [0.2, 0.25) is 0 Å². The predicted molar refractivity (Wildman–Crippen MR) is 51.2 cm³/mol. The van der Waals surface area contributed by atoms with Gasteiger partial charge in [0.25, 0.3) is 0 Å². The van der Waals surface area contributed by atoms with Crippen LogP contribution in [0.5, 0.6) is 0 Å². The molecule has 0 aliphatic heterocycles. The highest BCUT2D eigenvalue weighted by Crippen LogP contribution is 2.17. The highest BCUT2D eigenvalue weighted by molar-refractivity contribution is 6.01. The summed E-state index contributed by atoms with van der Waals surface area (Å²) in [6.45, 7) is 1.83. The minimum atomic E-state index is -0.999. The van der Waals surface area contributed by atoms with E-state index in [0.717, 1.165) is 11.1 Å². The first-order chi connectivity index (χ1) is 6.70. The number of aromatic nitrogens is 2. The molecule has 0 unspecified atom stereocenters. The van der Waals surface area contributed by atoms with E-state index < -0.39 is 5.97 Å². The normalized spacial score (nSPS) is 10.4. The van der Waals surface area contributed by atoms with Crippen molar-refractivity contribution >= 4 is 16.9 Å². The van der Waals surface area contributed by atoms with Gasteiger partial charge in [-0.3, -0.25) is 9.97 Å². The molecule has 14 heavy (non-hydrogen) atoms. The molecule has 0 aromatic carbocycles. The summed E-state index contributed by atoms with van der Waals surface area (Å²) < 4.78 is 0. The number of aromatic carboxylic acids is 1. The second kappa shape index (κ2) is 3.06. The van der Waals surface area contributed by atoms with Gasteiger partial charge in [-0.15, -0.1) is 0 Å². The summed E-state index contributed by atoms with van der Waals surface area (Å²) in [7, 11) is 0. The zero-order chi connectivity index (χ0) is 10.1. The molecule has 2 aromatic rings. The SMILES string of the molecule is Cc1ncc(C(=O)O)c2ncccc12. The molecule has 0 bridgehead atoms. The van der Waals surface area contributed by atoms with Crippen molar-refractivity contribution in [2.75, 3.05) is 0 Å². The van der Waals surface area contributed by atoms with E-state index >= 15 is 0 Å². The second-order valence-corrected chi connectivity index (χ2v) is 2.96. The molecule has 0 fully saturated rings. The number of fused-ring (bicyclic) bond motifs is 1. The fourth-order valence-corrected chi connectivity index (χ4v) is 1.36. The number of pyridine rings is 2. The first-order valence-electron chi connectivity index (χ1n) is 4.14. The Bertz CT molecular complexity index is 508. The van der Waals surface area contributed by atoms with E-state index in [9.17, 15) is 4.79 Å². The van der Waals surface area contributed by atoms with Gasteiger partial charge in [-0.25, -0.2) is 4.79 Å². The summed E-state index contributed by atoms with van der Waals surface area (Å²) in [6.07, 6.45) is 2.92. The standard InChI is InChI=1S/C10H8N2O2/c1-6-7-3-2-4-11-9(7)8(5-12-6)10(13)14/h2-5H,1H3,(H,13,14). The van der Waals surface area contributed by atoms with E-state index in [0.29, 0.717) is 5.52 Å². The largest absolute Gasteiger partial charge is 0.478 e. The molecule has 70 valence electrons. The Morgan fingerprint density at radius 3 is 2.93 bits per heavy atom. The van der Waals surface area contributed by atoms with Crippen molar-refractivity contribution in [3.63, 3.8) is 0 Å². The number of rotatable bonds is 1. The summed E-state index contributed by atoms with van der Waals surface area (Å²) in [5, 5.41) is 9.68. The topological polar surface area (TPSA) is 63.1 Å². The molecule has 0 aliphatic carbocycles. The molecule has 0 radical (unpaired) electrons. The number of carboxylic acids is 1. The molecule has 0 spiro atoms. The summed E-state index contributed by atoms with van der Waals surface area (Å²) in [5.74, 6) is -0.999. The van der Waals surface area contributed by atoms with Crippen molar-refractivity contribution in [1.82, 2.24) is 9.97 Å². The first kappa shape index (κ1) is 8.62. The van der Waals surface area contributed by atoms with Gasteiger partial charge in [-0.05, 0) is 19.1 Å². The van der Waals surface area contributed by atoms with E-state index in [1.807, 2.05) is 13.0 Å². The molecular weight excluding hydrogens is 180 g/mol. The molecule has 4 nitrogen and oxygen atoms in total. The van der Waals surface area contributed by atoms with Crippen LogP contribution in [0.4, 0.5) is 0 Å². The molecule has 0 atom stereocenters. The third-order valence-corrected chi connectivity index (χ3v) is 2.07. The Hall–Kier alpha value is -1.97. The van der Waals surface area contributed by atoms with Gasteiger partial charge in [0, 0.05) is 23.5 Å². The van der Waals surface area contributed by atoms with Crippen LogP contribution in [0, 0.1) is 6.92 Å². The van der Waals surface area contributed by atoms with E-state index in [-0.39, 0.29) is 5.56 Å². The van der Waals surface area contributed by atoms with Crippen LogP contribution in [0.3, 0.4) is 0 Å². The fourth-order valence-electron chi connectivity index (χ4n) is 1.36. The molecular formula is C10H8N2O2. The lowest BCUT2D eigenvalue weighted by molar-refractivity contribution is 0.0698. The number of carboxylic acid groups (broad SMARTS) is 1. The van der Waals surface area contributed by atoms with Gasteiger partial charge < -0.3 is 5.11 Å². The summed E-state index contributed by atoms with van der Waals surface area (Å²) >= 11 is 0. The van der Waals surface area contributed by atoms with Crippen molar-refractivity contribution in [2.45, 2.75) is 6.92 Å². The minimum absolute atomic E-state index is 0.145. The van der Waals surface area contributed by atoms with Crippen molar-refractivity contribution in [3.8, 4) is 0 Å². The lowest BCUT2D eigenvalue weighted by Gasteiger charge is -2.02. The van der Waals surface area contributed by atoms with Crippen LogP contribution >= 0.6 is 0 Å². The van der Waals surface area contributed by atoms with Gasteiger partial charge in [0.1, 0.15) is 5.56 Å². The van der Waals surface area contributed by atoms with Crippen LogP contribution in [0.25, 0.3) is 10.9 Å². The van der Waals surface area contributed by atoms with Crippen LogP contribution in [0.1, 0.15) is 16.1 Å². The summed E-state index contributed by atoms with van der Waals surface area (Å²) in [4.78, 5) is 18.9. The van der Waals surface area contributed by atoms with Gasteiger partial charge in [-0.1, -0.05) is 0 Å². The molecule has 1 N–H and O–H groups in total. The molecule has 0 amide bonds. The fraction of sp³-hybridized carbons (Fsp3) is 0.100. The molecule has 2 rings (SSSR count). The van der Waals surface area contributed by atoms with Crippen LogP contribution in [-0.4, -0.2) is 21.0 Å². The van der Waals surface area contributed by atoms with Gasteiger partial charge in [0.2, 0.25) is 0 Å². The zero-order valence-electron chi connectivity index (χ0n) is 7.56. The third kappa shape index (κ3) is 1.21. The van der Waals surface area contributed by atoms with E-state index in [1.54, 1.807) is 12.3 Å². The summed E-state index contributed by atoms with van der Waals surface area (Å²) in [5.41, 5.74) is 1.43. The van der Waals surface area contributed by atoms with Crippen molar-refractivity contribution in [1.29, 1.82) is 0 Å². The smallest absolute Gasteiger partial charge is 0.339 e. The van der Waals surface area contributed by atoms with Gasteiger partial charge in [0.15, 0.2) is 0 Å². The maximum Gasteiger partial charge on any atom is 0.339 e. The number of aryl methyl sites for hydroxylation is 1. The molecule has 0 saturated heterocycles. The first-order valence-corrected chi connectivity index (χ1v) is 4.14. The molecule has 2 aromatic heterocycles. The van der Waals surface area contributed by atoms with Crippen molar-refractivity contribution in [2.24, 2.45) is 0 Å². The highest BCUT2D eigenvalue weighted by Gasteiger charge is 2.10. The zero-order valence-corrected chi connectivity index (χ0v) is 7.56. The van der Waals surface area contributed by atoms with Crippen LogP contribution < -0.4 is 0 Å².